The second kappa shape index (κ2) is 9.75. The number of rotatable bonds is 7. The molecule has 172 valence electrons. The van der Waals surface area contributed by atoms with E-state index in [1.807, 2.05) is 52.5 Å². The van der Waals surface area contributed by atoms with E-state index >= 15 is 0 Å². The number of anilines is 2. The molecule has 0 saturated carbocycles. The van der Waals surface area contributed by atoms with Crippen molar-refractivity contribution in [2.24, 2.45) is 0 Å². The topological polar surface area (TPSA) is 61.4 Å². The summed E-state index contributed by atoms with van der Waals surface area (Å²) in [6.07, 6.45) is 1.66. The SMILES string of the molecule is C=CCNC(=O)c1ccc2nc(-c3cccc(N(C)C)c3)c(-c3cccc(N(C)C)c3)nc2c1. The van der Waals surface area contributed by atoms with Crippen molar-refractivity contribution < 1.29 is 4.79 Å². The van der Waals surface area contributed by atoms with Crippen LogP contribution in [0, 0.1) is 0 Å². The molecule has 1 amide bonds. The van der Waals surface area contributed by atoms with E-state index in [1.165, 1.54) is 0 Å². The molecule has 4 rings (SSSR count). The van der Waals surface area contributed by atoms with Crippen molar-refractivity contribution >= 4 is 28.3 Å². The number of hydrogen-bond donors (Lipinski definition) is 1. The minimum Gasteiger partial charge on any atom is -0.378 e. The number of amides is 1. The maximum atomic E-state index is 12.5. The van der Waals surface area contributed by atoms with Gasteiger partial charge in [0.25, 0.3) is 5.91 Å². The highest BCUT2D eigenvalue weighted by Crippen LogP contribution is 2.34. The Labute approximate surface area is 200 Å². The Hall–Kier alpha value is -4.19. The van der Waals surface area contributed by atoms with Crippen LogP contribution in [0.15, 0.2) is 79.4 Å². The smallest absolute Gasteiger partial charge is 0.251 e. The summed E-state index contributed by atoms with van der Waals surface area (Å²) in [7, 11) is 8.07. The van der Waals surface area contributed by atoms with E-state index < -0.39 is 0 Å². The average molecular weight is 452 g/mol. The van der Waals surface area contributed by atoms with Crippen LogP contribution in [0.1, 0.15) is 10.4 Å². The Morgan fingerprint density at radius 2 is 1.38 bits per heavy atom. The summed E-state index contributed by atoms with van der Waals surface area (Å²) in [5, 5.41) is 2.82. The highest BCUT2D eigenvalue weighted by atomic mass is 16.1. The standard InChI is InChI=1S/C28H29N5O/c1-6-15-29-28(34)21-13-14-24-25(18-21)31-27(20-10-8-12-23(17-20)33(4)5)26(30-24)19-9-7-11-22(16-19)32(2)3/h6-14,16-18H,1,15H2,2-5H3,(H,29,34). The summed E-state index contributed by atoms with van der Waals surface area (Å²) in [5.41, 5.74) is 7.63. The maximum absolute atomic E-state index is 12.5. The molecule has 1 heterocycles. The molecule has 0 radical (unpaired) electrons. The van der Waals surface area contributed by atoms with Gasteiger partial charge < -0.3 is 15.1 Å². The van der Waals surface area contributed by atoms with Crippen molar-refractivity contribution in [1.29, 1.82) is 0 Å². The first-order valence-corrected chi connectivity index (χ1v) is 11.1. The van der Waals surface area contributed by atoms with Crippen LogP contribution >= 0.6 is 0 Å². The first kappa shape index (κ1) is 23.0. The van der Waals surface area contributed by atoms with Crippen LogP contribution in [0.2, 0.25) is 0 Å². The van der Waals surface area contributed by atoms with Crippen molar-refractivity contribution in [2.75, 3.05) is 44.5 Å². The highest BCUT2D eigenvalue weighted by Gasteiger charge is 2.16. The number of nitrogens with zero attached hydrogens (tertiary/aromatic N) is 4. The molecule has 0 atom stereocenters. The van der Waals surface area contributed by atoms with E-state index in [2.05, 4.69) is 52.0 Å². The summed E-state index contributed by atoms with van der Waals surface area (Å²) in [5.74, 6) is -0.164. The lowest BCUT2D eigenvalue weighted by Crippen LogP contribution is -2.23. The summed E-state index contributed by atoms with van der Waals surface area (Å²) >= 11 is 0. The van der Waals surface area contributed by atoms with Crippen LogP contribution in [0.4, 0.5) is 11.4 Å². The Morgan fingerprint density at radius 3 is 1.91 bits per heavy atom. The molecule has 0 bridgehead atoms. The minimum absolute atomic E-state index is 0.164. The fourth-order valence-corrected chi connectivity index (χ4v) is 3.73. The summed E-state index contributed by atoms with van der Waals surface area (Å²) < 4.78 is 0. The van der Waals surface area contributed by atoms with Crippen molar-refractivity contribution in [3.8, 4) is 22.5 Å². The zero-order valence-electron chi connectivity index (χ0n) is 20.0. The summed E-state index contributed by atoms with van der Waals surface area (Å²) in [4.78, 5) is 26.7. The van der Waals surface area contributed by atoms with E-state index in [0.29, 0.717) is 17.6 Å². The van der Waals surface area contributed by atoms with Crippen molar-refractivity contribution in [3.63, 3.8) is 0 Å². The van der Waals surface area contributed by atoms with Crippen LogP contribution in [0.25, 0.3) is 33.5 Å². The monoisotopic (exact) mass is 451 g/mol. The lowest BCUT2D eigenvalue weighted by molar-refractivity contribution is 0.0958. The first-order chi connectivity index (χ1) is 16.4. The molecular weight excluding hydrogens is 422 g/mol. The second-order valence-electron chi connectivity index (χ2n) is 8.51. The lowest BCUT2D eigenvalue weighted by atomic mass is 10.0. The van der Waals surface area contributed by atoms with Gasteiger partial charge in [0.05, 0.1) is 22.4 Å². The van der Waals surface area contributed by atoms with Gasteiger partial charge in [0.15, 0.2) is 0 Å². The molecule has 4 aromatic rings. The van der Waals surface area contributed by atoms with Crippen molar-refractivity contribution in [3.05, 3.63) is 84.9 Å². The Kier molecular flexibility index (Phi) is 6.59. The first-order valence-electron chi connectivity index (χ1n) is 11.1. The Morgan fingerprint density at radius 1 is 0.824 bits per heavy atom. The second-order valence-corrected chi connectivity index (χ2v) is 8.51. The number of fused-ring (bicyclic) bond motifs is 1. The van der Waals surface area contributed by atoms with Gasteiger partial charge in [-0.25, -0.2) is 9.97 Å². The van der Waals surface area contributed by atoms with Gasteiger partial charge in [-0.3, -0.25) is 4.79 Å². The maximum Gasteiger partial charge on any atom is 0.251 e. The highest BCUT2D eigenvalue weighted by molar-refractivity contribution is 5.98. The molecule has 6 nitrogen and oxygen atoms in total. The van der Waals surface area contributed by atoms with Gasteiger partial charge in [-0.1, -0.05) is 30.3 Å². The molecule has 0 spiro atoms. The molecule has 0 unspecified atom stereocenters. The van der Waals surface area contributed by atoms with Crippen LogP contribution in [0.5, 0.6) is 0 Å². The minimum atomic E-state index is -0.164. The normalized spacial score (nSPS) is 10.7. The summed E-state index contributed by atoms with van der Waals surface area (Å²) in [6, 6.07) is 21.9. The number of aromatic nitrogens is 2. The zero-order chi connectivity index (χ0) is 24.2. The molecule has 1 N–H and O–H groups in total. The molecule has 0 aliphatic rings. The van der Waals surface area contributed by atoms with E-state index in [-0.39, 0.29) is 5.91 Å². The van der Waals surface area contributed by atoms with Gasteiger partial charge in [-0.2, -0.15) is 0 Å². The van der Waals surface area contributed by atoms with Crippen LogP contribution in [-0.4, -0.2) is 50.6 Å². The third-order valence-corrected chi connectivity index (χ3v) is 5.61. The quantitative estimate of drug-likeness (QED) is 0.400. The van der Waals surface area contributed by atoms with Crippen LogP contribution in [0.3, 0.4) is 0 Å². The van der Waals surface area contributed by atoms with Gasteiger partial charge >= 0.3 is 0 Å². The molecule has 0 fully saturated rings. The van der Waals surface area contributed by atoms with E-state index in [0.717, 1.165) is 39.4 Å². The van der Waals surface area contributed by atoms with Gasteiger partial charge in [-0.15, -0.1) is 6.58 Å². The van der Waals surface area contributed by atoms with E-state index in [1.54, 1.807) is 18.2 Å². The molecule has 1 aromatic heterocycles. The third kappa shape index (κ3) is 4.76. The van der Waals surface area contributed by atoms with Gasteiger partial charge in [0.2, 0.25) is 0 Å². The Balaban J connectivity index is 1.93. The number of nitrogens with one attached hydrogen (secondary N) is 1. The molecule has 34 heavy (non-hydrogen) atoms. The predicted molar refractivity (Wildman–Crippen MR) is 142 cm³/mol. The number of benzene rings is 3. The van der Waals surface area contributed by atoms with Crippen LogP contribution < -0.4 is 15.1 Å². The Bertz CT molecular complexity index is 1360. The molecular formula is C28H29N5O. The van der Waals surface area contributed by atoms with Crippen molar-refractivity contribution in [2.45, 2.75) is 0 Å². The largest absolute Gasteiger partial charge is 0.378 e. The number of carbonyl (C=O) groups excluding carboxylic acids is 1. The molecule has 6 heteroatoms. The van der Waals surface area contributed by atoms with E-state index in [9.17, 15) is 4.79 Å². The van der Waals surface area contributed by atoms with Gasteiger partial charge in [0, 0.05) is 62.8 Å². The van der Waals surface area contributed by atoms with Gasteiger partial charge in [0.1, 0.15) is 0 Å². The van der Waals surface area contributed by atoms with Crippen LogP contribution in [-0.2, 0) is 0 Å². The number of hydrogen-bond acceptors (Lipinski definition) is 5. The summed E-state index contributed by atoms with van der Waals surface area (Å²) in [6.45, 7) is 4.06. The van der Waals surface area contributed by atoms with Gasteiger partial charge in [-0.05, 0) is 42.5 Å². The number of carbonyl (C=O) groups is 1. The molecule has 0 saturated heterocycles. The lowest BCUT2D eigenvalue weighted by Gasteiger charge is -2.17. The molecule has 0 aliphatic heterocycles. The zero-order valence-corrected chi connectivity index (χ0v) is 20.0. The molecule has 3 aromatic carbocycles. The average Bonchev–Trinajstić information content (AvgIpc) is 2.86. The molecule has 0 aliphatic carbocycles. The van der Waals surface area contributed by atoms with Crippen molar-refractivity contribution in [1.82, 2.24) is 15.3 Å². The van der Waals surface area contributed by atoms with E-state index in [4.69, 9.17) is 9.97 Å². The fourth-order valence-electron chi connectivity index (χ4n) is 3.73. The predicted octanol–water partition coefficient (Wildman–Crippen LogP) is 5.01. The third-order valence-electron chi connectivity index (χ3n) is 5.61. The fraction of sp³-hybridized carbons (Fsp3) is 0.179.